The Labute approximate surface area is 73.9 Å². The van der Waals surface area contributed by atoms with Gasteiger partial charge in [0.15, 0.2) is 11.3 Å². The molecule has 3 rings (SSSR count). The summed E-state index contributed by atoms with van der Waals surface area (Å²) in [5.74, 6) is 0. The van der Waals surface area contributed by atoms with Gasteiger partial charge in [-0.1, -0.05) is 0 Å². The lowest BCUT2D eigenvalue weighted by molar-refractivity contribution is 1.15. The van der Waals surface area contributed by atoms with Gasteiger partial charge in [-0.3, -0.25) is 4.40 Å². The SMILES string of the molecule is c1cnc2c(c1)ncc1nccn12. The minimum Gasteiger partial charge on any atom is -0.281 e. The van der Waals surface area contributed by atoms with E-state index >= 15 is 0 Å². The van der Waals surface area contributed by atoms with Gasteiger partial charge in [0.1, 0.15) is 5.52 Å². The summed E-state index contributed by atoms with van der Waals surface area (Å²) in [5.41, 5.74) is 2.55. The highest BCUT2D eigenvalue weighted by Crippen LogP contribution is 2.09. The van der Waals surface area contributed by atoms with Gasteiger partial charge < -0.3 is 0 Å². The van der Waals surface area contributed by atoms with Crippen LogP contribution in [0.5, 0.6) is 0 Å². The lowest BCUT2D eigenvalue weighted by atomic mass is 10.4. The molecule has 0 aromatic carbocycles. The average Bonchev–Trinajstić information content (AvgIpc) is 2.65. The predicted molar refractivity (Wildman–Crippen MR) is 48.3 cm³/mol. The van der Waals surface area contributed by atoms with Crippen LogP contribution in [0.2, 0.25) is 0 Å². The molecule has 3 aromatic heterocycles. The van der Waals surface area contributed by atoms with Gasteiger partial charge in [-0.15, -0.1) is 0 Å². The van der Waals surface area contributed by atoms with E-state index in [2.05, 4.69) is 15.0 Å². The number of aromatic nitrogens is 4. The van der Waals surface area contributed by atoms with Crippen LogP contribution in [0.25, 0.3) is 16.8 Å². The number of imidazole rings is 1. The molecule has 62 valence electrons. The zero-order chi connectivity index (χ0) is 8.67. The van der Waals surface area contributed by atoms with E-state index in [4.69, 9.17) is 0 Å². The molecule has 0 unspecified atom stereocenters. The third kappa shape index (κ3) is 0.823. The van der Waals surface area contributed by atoms with Crippen molar-refractivity contribution in [1.29, 1.82) is 0 Å². The minimum absolute atomic E-state index is 0.825. The highest BCUT2D eigenvalue weighted by atomic mass is 15.1. The van der Waals surface area contributed by atoms with Crippen LogP contribution < -0.4 is 0 Å². The fraction of sp³-hybridized carbons (Fsp3) is 0. The summed E-state index contributed by atoms with van der Waals surface area (Å²) >= 11 is 0. The van der Waals surface area contributed by atoms with Crippen molar-refractivity contribution in [3.05, 3.63) is 36.9 Å². The Hall–Kier alpha value is -1.97. The third-order valence-electron chi connectivity index (χ3n) is 1.98. The first-order valence-corrected chi connectivity index (χ1v) is 3.98. The smallest absolute Gasteiger partial charge is 0.164 e. The Kier molecular flexibility index (Phi) is 1.14. The van der Waals surface area contributed by atoms with Gasteiger partial charge in [-0.05, 0) is 12.1 Å². The lowest BCUT2D eigenvalue weighted by Crippen LogP contribution is -1.91. The Morgan fingerprint density at radius 2 is 2.08 bits per heavy atom. The second-order valence-electron chi connectivity index (χ2n) is 2.76. The Morgan fingerprint density at radius 1 is 1.08 bits per heavy atom. The van der Waals surface area contributed by atoms with E-state index in [0.717, 1.165) is 16.8 Å². The maximum Gasteiger partial charge on any atom is 0.164 e. The van der Waals surface area contributed by atoms with Crippen molar-refractivity contribution in [2.45, 2.75) is 0 Å². The summed E-state index contributed by atoms with van der Waals surface area (Å²) in [7, 11) is 0. The highest BCUT2D eigenvalue weighted by molar-refractivity contribution is 5.72. The van der Waals surface area contributed by atoms with Gasteiger partial charge in [-0.2, -0.15) is 0 Å². The summed E-state index contributed by atoms with van der Waals surface area (Å²) in [4.78, 5) is 12.6. The summed E-state index contributed by atoms with van der Waals surface area (Å²) in [5, 5.41) is 0. The molecule has 0 bridgehead atoms. The maximum atomic E-state index is 4.24. The Morgan fingerprint density at radius 3 is 3.08 bits per heavy atom. The van der Waals surface area contributed by atoms with Crippen LogP contribution in [-0.4, -0.2) is 19.4 Å². The maximum absolute atomic E-state index is 4.24. The van der Waals surface area contributed by atoms with Crippen molar-refractivity contribution in [2.75, 3.05) is 0 Å². The largest absolute Gasteiger partial charge is 0.281 e. The van der Waals surface area contributed by atoms with Crippen molar-refractivity contribution in [1.82, 2.24) is 19.4 Å². The fourth-order valence-electron chi connectivity index (χ4n) is 1.39. The third-order valence-corrected chi connectivity index (χ3v) is 1.98. The number of hydrogen-bond donors (Lipinski definition) is 0. The van der Waals surface area contributed by atoms with Gasteiger partial charge in [0.25, 0.3) is 0 Å². The van der Waals surface area contributed by atoms with Crippen molar-refractivity contribution < 1.29 is 0 Å². The summed E-state index contributed by atoms with van der Waals surface area (Å²) in [6, 6.07) is 3.81. The van der Waals surface area contributed by atoms with Gasteiger partial charge in [0.2, 0.25) is 0 Å². The summed E-state index contributed by atoms with van der Waals surface area (Å²) in [6.07, 6.45) is 7.12. The highest BCUT2D eigenvalue weighted by Gasteiger charge is 2.00. The molecular weight excluding hydrogens is 164 g/mol. The quantitative estimate of drug-likeness (QED) is 0.510. The van der Waals surface area contributed by atoms with Crippen molar-refractivity contribution in [2.24, 2.45) is 0 Å². The Bertz CT molecular complexity index is 570. The second kappa shape index (κ2) is 2.26. The molecule has 0 atom stereocenters. The second-order valence-corrected chi connectivity index (χ2v) is 2.76. The van der Waals surface area contributed by atoms with Crippen LogP contribution in [0.15, 0.2) is 36.9 Å². The predicted octanol–water partition coefficient (Wildman–Crippen LogP) is 1.28. The van der Waals surface area contributed by atoms with Gasteiger partial charge in [0, 0.05) is 18.6 Å². The fourth-order valence-corrected chi connectivity index (χ4v) is 1.39. The number of hydrogen-bond acceptors (Lipinski definition) is 3. The van der Waals surface area contributed by atoms with Crippen LogP contribution in [0.1, 0.15) is 0 Å². The first-order chi connectivity index (χ1) is 6.45. The van der Waals surface area contributed by atoms with Crippen LogP contribution in [0.4, 0.5) is 0 Å². The average molecular weight is 170 g/mol. The molecular formula is C9H6N4. The van der Waals surface area contributed by atoms with Crippen LogP contribution in [-0.2, 0) is 0 Å². The molecule has 0 aliphatic rings. The number of nitrogens with zero attached hydrogens (tertiary/aromatic N) is 4. The van der Waals surface area contributed by atoms with Gasteiger partial charge >= 0.3 is 0 Å². The van der Waals surface area contributed by atoms with Crippen LogP contribution in [0, 0.1) is 0 Å². The first-order valence-electron chi connectivity index (χ1n) is 3.98. The van der Waals surface area contributed by atoms with Crippen molar-refractivity contribution >= 4 is 16.8 Å². The molecule has 0 radical (unpaired) electrons. The monoisotopic (exact) mass is 170 g/mol. The van der Waals surface area contributed by atoms with E-state index in [1.807, 2.05) is 22.7 Å². The van der Waals surface area contributed by atoms with Gasteiger partial charge in [-0.25, -0.2) is 15.0 Å². The molecule has 0 aliphatic heterocycles. The van der Waals surface area contributed by atoms with Crippen molar-refractivity contribution in [3.8, 4) is 0 Å². The molecule has 0 amide bonds. The van der Waals surface area contributed by atoms with Gasteiger partial charge in [0.05, 0.1) is 6.20 Å². The normalized spacial score (nSPS) is 11.1. The Balaban J connectivity index is 2.65. The molecule has 3 heterocycles. The molecule has 0 spiro atoms. The minimum atomic E-state index is 0.825. The zero-order valence-electron chi connectivity index (χ0n) is 6.75. The lowest BCUT2D eigenvalue weighted by Gasteiger charge is -1.97. The van der Waals surface area contributed by atoms with E-state index in [1.165, 1.54) is 0 Å². The summed E-state index contributed by atoms with van der Waals surface area (Å²) in [6.45, 7) is 0. The first kappa shape index (κ1) is 6.54. The molecule has 0 fully saturated rings. The zero-order valence-corrected chi connectivity index (χ0v) is 6.75. The number of pyridine rings is 1. The molecule has 0 saturated heterocycles. The molecule has 0 N–H and O–H groups in total. The molecule has 4 heteroatoms. The molecule has 0 saturated carbocycles. The van der Waals surface area contributed by atoms with Crippen molar-refractivity contribution in [3.63, 3.8) is 0 Å². The molecule has 0 aliphatic carbocycles. The van der Waals surface area contributed by atoms with Crippen LogP contribution in [0.3, 0.4) is 0 Å². The molecule has 3 aromatic rings. The van der Waals surface area contributed by atoms with E-state index in [0.29, 0.717) is 0 Å². The number of fused-ring (bicyclic) bond motifs is 3. The number of rotatable bonds is 0. The topological polar surface area (TPSA) is 43.1 Å². The molecule has 4 nitrogen and oxygen atoms in total. The van der Waals surface area contributed by atoms with E-state index in [1.54, 1.807) is 18.6 Å². The van der Waals surface area contributed by atoms with Crippen LogP contribution >= 0.6 is 0 Å². The summed E-state index contributed by atoms with van der Waals surface area (Å²) < 4.78 is 1.92. The molecule has 13 heavy (non-hydrogen) atoms. The van der Waals surface area contributed by atoms with E-state index in [-0.39, 0.29) is 0 Å². The standard InChI is InChI=1S/C9H6N4/c1-2-7-9(11-3-1)13-5-4-10-8(13)6-12-7/h1-6H. The van der Waals surface area contributed by atoms with E-state index < -0.39 is 0 Å². The van der Waals surface area contributed by atoms with E-state index in [9.17, 15) is 0 Å².